The summed E-state index contributed by atoms with van der Waals surface area (Å²) in [6.45, 7) is 4.76. The second kappa shape index (κ2) is 12.3. The van der Waals surface area contributed by atoms with Crippen molar-refractivity contribution in [3.63, 3.8) is 0 Å². The number of aromatic nitrogens is 5. The highest BCUT2D eigenvalue weighted by Crippen LogP contribution is 2.12. The minimum Gasteiger partial charge on any atom is -0.465 e. The van der Waals surface area contributed by atoms with Gasteiger partial charge in [-0.2, -0.15) is 20.1 Å². The van der Waals surface area contributed by atoms with Crippen LogP contribution in [-0.2, 0) is 34.0 Å². The number of alkyl carbamates (subject to hydrolysis) is 1. The third kappa shape index (κ3) is 7.87. The molecule has 0 saturated carbocycles. The van der Waals surface area contributed by atoms with Gasteiger partial charge in [0.15, 0.2) is 0 Å². The molecule has 0 aliphatic carbocycles. The lowest BCUT2D eigenvalue weighted by Crippen LogP contribution is -2.70. The van der Waals surface area contributed by atoms with Gasteiger partial charge in [0.2, 0.25) is 11.9 Å². The molecule has 216 valence electrons. The molecule has 41 heavy (non-hydrogen) atoms. The minimum atomic E-state index is -1.43. The van der Waals surface area contributed by atoms with Crippen LogP contribution in [0.2, 0.25) is 0 Å². The third-order valence-corrected chi connectivity index (χ3v) is 5.53. The maximum Gasteiger partial charge on any atom is 0.437 e. The SMILES string of the molecule is CC(C)(C)OC(=O)N=C(N(Cc1cnn(C[C@H]2NC(=O)[C@H]2NC(=O)OCc2ccccc2)n1)C(=O)O)n1cccn1. The zero-order chi connectivity index (χ0) is 29.6. The molecule has 0 radical (unpaired) electrons. The van der Waals surface area contributed by atoms with E-state index in [-0.39, 0.29) is 31.3 Å². The zero-order valence-electron chi connectivity index (χ0n) is 22.5. The fourth-order valence-electron chi connectivity index (χ4n) is 3.70. The van der Waals surface area contributed by atoms with Crippen LogP contribution in [0.3, 0.4) is 0 Å². The Bertz CT molecular complexity index is 1410. The first-order valence-electron chi connectivity index (χ1n) is 12.5. The number of amides is 4. The summed E-state index contributed by atoms with van der Waals surface area (Å²) in [7, 11) is 0. The van der Waals surface area contributed by atoms with E-state index in [4.69, 9.17) is 9.47 Å². The second-order valence-electron chi connectivity index (χ2n) is 9.90. The Balaban J connectivity index is 1.40. The van der Waals surface area contributed by atoms with Crippen LogP contribution in [0.5, 0.6) is 0 Å². The molecule has 3 aromatic rings. The summed E-state index contributed by atoms with van der Waals surface area (Å²) in [5.74, 6) is -0.714. The molecule has 1 fully saturated rings. The summed E-state index contributed by atoms with van der Waals surface area (Å²) in [4.78, 5) is 54.7. The molecule has 1 aliphatic heterocycles. The molecule has 2 atom stereocenters. The van der Waals surface area contributed by atoms with Gasteiger partial charge in [0.25, 0.3) is 0 Å². The highest BCUT2D eigenvalue weighted by Gasteiger charge is 2.41. The second-order valence-corrected chi connectivity index (χ2v) is 9.90. The predicted molar refractivity (Wildman–Crippen MR) is 140 cm³/mol. The average Bonchev–Trinajstić information content (AvgIpc) is 3.60. The molecule has 0 unspecified atom stereocenters. The number of carboxylic acid groups (broad SMARTS) is 1. The number of ether oxygens (including phenoxy) is 2. The number of hydrogen-bond donors (Lipinski definition) is 3. The molecule has 3 heterocycles. The Morgan fingerprint density at radius 3 is 2.56 bits per heavy atom. The van der Waals surface area contributed by atoms with Gasteiger partial charge in [-0.3, -0.25) is 4.79 Å². The Hall–Kier alpha value is -5.28. The number of carbonyl (C=O) groups excluding carboxylic acids is 3. The van der Waals surface area contributed by atoms with Crippen LogP contribution in [0, 0.1) is 0 Å². The normalized spacial score (nSPS) is 16.8. The summed E-state index contributed by atoms with van der Waals surface area (Å²) in [6.07, 6.45) is 0.978. The van der Waals surface area contributed by atoms with Gasteiger partial charge in [0.1, 0.15) is 23.9 Å². The number of nitrogens with one attached hydrogen (secondary N) is 2. The molecular formula is C25H29N9O7. The smallest absolute Gasteiger partial charge is 0.437 e. The van der Waals surface area contributed by atoms with Gasteiger partial charge < -0.3 is 25.2 Å². The summed E-state index contributed by atoms with van der Waals surface area (Å²) >= 11 is 0. The van der Waals surface area contributed by atoms with Crippen LogP contribution < -0.4 is 10.6 Å². The van der Waals surface area contributed by atoms with E-state index in [0.29, 0.717) is 0 Å². The number of rotatable bonds is 7. The molecule has 1 aliphatic rings. The molecule has 0 spiro atoms. The van der Waals surface area contributed by atoms with Crippen molar-refractivity contribution in [2.24, 2.45) is 4.99 Å². The Kier molecular flexibility index (Phi) is 8.60. The van der Waals surface area contributed by atoms with Crippen LogP contribution >= 0.6 is 0 Å². The summed E-state index contributed by atoms with van der Waals surface area (Å²) in [5.41, 5.74) is 0.163. The van der Waals surface area contributed by atoms with Gasteiger partial charge in [0.05, 0.1) is 25.3 Å². The van der Waals surface area contributed by atoms with Gasteiger partial charge in [-0.1, -0.05) is 30.3 Å². The minimum absolute atomic E-state index is 0.0492. The quantitative estimate of drug-likeness (QED) is 0.214. The van der Waals surface area contributed by atoms with Crippen molar-refractivity contribution in [3.8, 4) is 0 Å². The highest BCUT2D eigenvalue weighted by atomic mass is 16.6. The first-order chi connectivity index (χ1) is 19.5. The lowest BCUT2D eigenvalue weighted by molar-refractivity contribution is -0.132. The van der Waals surface area contributed by atoms with E-state index in [2.05, 4.69) is 30.9 Å². The van der Waals surface area contributed by atoms with Crippen LogP contribution in [0.25, 0.3) is 0 Å². The fraction of sp³-hybridized carbons (Fsp3) is 0.360. The Morgan fingerprint density at radius 2 is 1.93 bits per heavy atom. The lowest BCUT2D eigenvalue weighted by Gasteiger charge is -2.36. The standard InChI is InChI=1S/C25H29N9O7/c1-25(2,3)41-23(37)30-21(33-11-7-10-26-33)32(24(38)39)13-17-12-27-34(31-17)14-18-19(20(35)28-18)29-22(36)40-15-16-8-5-4-6-9-16/h4-12,18-19H,13-15H2,1-3H3,(H,28,35)(H,29,36)(H,38,39)/t18-,19+/m1/s1. The maximum atomic E-state index is 12.4. The van der Waals surface area contributed by atoms with Gasteiger partial charge >= 0.3 is 18.3 Å². The molecule has 1 saturated heterocycles. The van der Waals surface area contributed by atoms with Crippen LogP contribution in [0.15, 0.2) is 60.0 Å². The monoisotopic (exact) mass is 567 g/mol. The topological polar surface area (TPSA) is 195 Å². The summed E-state index contributed by atoms with van der Waals surface area (Å²) < 4.78 is 11.5. The average molecular weight is 568 g/mol. The zero-order valence-corrected chi connectivity index (χ0v) is 22.5. The lowest BCUT2D eigenvalue weighted by atomic mass is 9.99. The molecule has 16 heteroatoms. The molecule has 0 bridgehead atoms. The number of hydrogen-bond acceptors (Lipinski definition) is 9. The number of aliphatic imine (C=N–C) groups is 1. The summed E-state index contributed by atoms with van der Waals surface area (Å²) in [6, 6.07) is 9.23. The van der Waals surface area contributed by atoms with Crippen molar-refractivity contribution in [1.29, 1.82) is 0 Å². The molecule has 1 aromatic carbocycles. The van der Waals surface area contributed by atoms with E-state index in [1.165, 1.54) is 29.5 Å². The van der Waals surface area contributed by atoms with E-state index in [1.54, 1.807) is 32.9 Å². The Morgan fingerprint density at radius 1 is 1.17 bits per heavy atom. The van der Waals surface area contributed by atoms with Crippen molar-refractivity contribution in [2.75, 3.05) is 0 Å². The van der Waals surface area contributed by atoms with E-state index in [1.807, 2.05) is 18.2 Å². The first kappa shape index (κ1) is 28.7. The molecular weight excluding hydrogens is 538 g/mol. The van der Waals surface area contributed by atoms with Crippen molar-refractivity contribution in [2.45, 2.75) is 58.2 Å². The molecule has 2 aromatic heterocycles. The third-order valence-electron chi connectivity index (χ3n) is 5.53. The van der Waals surface area contributed by atoms with E-state index in [0.717, 1.165) is 15.1 Å². The van der Waals surface area contributed by atoms with Crippen LogP contribution in [-0.4, -0.2) is 82.6 Å². The van der Waals surface area contributed by atoms with E-state index < -0.39 is 41.9 Å². The van der Waals surface area contributed by atoms with Gasteiger partial charge in [0, 0.05) is 12.4 Å². The fourth-order valence-corrected chi connectivity index (χ4v) is 3.70. The molecule has 3 N–H and O–H groups in total. The number of nitrogens with zero attached hydrogens (tertiary/aromatic N) is 7. The first-order valence-corrected chi connectivity index (χ1v) is 12.5. The molecule has 16 nitrogen and oxygen atoms in total. The van der Waals surface area contributed by atoms with Crippen molar-refractivity contribution in [3.05, 3.63) is 66.2 Å². The van der Waals surface area contributed by atoms with Gasteiger partial charge in [-0.15, -0.1) is 4.99 Å². The number of β-lactam (4-membered cyclic amide) rings is 1. The van der Waals surface area contributed by atoms with E-state index in [9.17, 15) is 24.3 Å². The number of carbonyl (C=O) groups is 4. The Labute approximate surface area is 233 Å². The van der Waals surface area contributed by atoms with Gasteiger partial charge in [-0.05, 0) is 32.4 Å². The van der Waals surface area contributed by atoms with Crippen LogP contribution in [0.4, 0.5) is 14.4 Å². The van der Waals surface area contributed by atoms with Crippen molar-refractivity contribution in [1.82, 2.24) is 40.3 Å². The van der Waals surface area contributed by atoms with Crippen molar-refractivity contribution < 1.29 is 33.8 Å². The predicted octanol–water partition coefficient (Wildman–Crippen LogP) is 1.59. The van der Waals surface area contributed by atoms with Crippen LogP contribution in [0.1, 0.15) is 32.0 Å². The maximum absolute atomic E-state index is 12.4. The van der Waals surface area contributed by atoms with E-state index >= 15 is 0 Å². The molecule has 4 rings (SSSR count). The largest absolute Gasteiger partial charge is 0.465 e. The summed E-state index contributed by atoms with van der Waals surface area (Å²) in [5, 5.41) is 27.5. The van der Waals surface area contributed by atoms with Gasteiger partial charge in [-0.25, -0.2) is 24.0 Å². The van der Waals surface area contributed by atoms with Crippen molar-refractivity contribution >= 4 is 30.1 Å². The molecule has 4 amide bonds. The highest BCUT2D eigenvalue weighted by molar-refractivity contribution is 5.99. The number of benzene rings is 1.